The molecule has 1 aliphatic heterocycles. The van der Waals surface area contributed by atoms with Crippen molar-refractivity contribution in [3.05, 3.63) is 0 Å². The van der Waals surface area contributed by atoms with E-state index in [1.807, 2.05) is 0 Å². The van der Waals surface area contributed by atoms with Gasteiger partial charge in [-0.25, -0.2) is 0 Å². The van der Waals surface area contributed by atoms with Crippen LogP contribution in [0.4, 0.5) is 0 Å². The molecule has 0 radical (unpaired) electrons. The zero-order valence-electron chi connectivity index (χ0n) is 11.1. The lowest BCUT2D eigenvalue weighted by molar-refractivity contribution is -0.00955. The van der Waals surface area contributed by atoms with Crippen molar-refractivity contribution in [3.63, 3.8) is 0 Å². The number of hydrogen-bond acceptors (Lipinski definition) is 3. The Morgan fingerprint density at radius 1 is 1.44 bits per heavy atom. The van der Waals surface area contributed by atoms with Crippen molar-refractivity contribution in [3.8, 4) is 0 Å². The summed E-state index contributed by atoms with van der Waals surface area (Å²) in [5.41, 5.74) is 0.216. The molecule has 1 saturated heterocycles. The molecule has 96 valence electrons. The van der Waals surface area contributed by atoms with Gasteiger partial charge in [-0.3, -0.25) is 0 Å². The van der Waals surface area contributed by atoms with E-state index in [2.05, 4.69) is 26.1 Å². The summed E-state index contributed by atoms with van der Waals surface area (Å²) in [6.45, 7) is 11.3. The second-order valence-corrected chi connectivity index (χ2v) is 5.49. The number of hydrogen-bond donors (Lipinski definition) is 1. The minimum Gasteiger partial charge on any atom is -0.378 e. The van der Waals surface area contributed by atoms with Crippen LogP contribution in [0.25, 0.3) is 0 Å². The third-order valence-corrected chi connectivity index (χ3v) is 2.85. The Bertz CT molecular complexity index is 177. The first-order valence-electron chi connectivity index (χ1n) is 6.54. The molecule has 1 fully saturated rings. The van der Waals surface area contributed by atoms with Crippen molar-refractivity contribution in [2.45, 2.75) is 46.1 Å². The Morgan fingerprint density at radius 2 is 2.25 bits per heavy atom. The highest BCUT2D eigenvalue weighted by atomic mass is 16.5. The summed E-state index contributed by atoms with van der Waals surface area (Å²) in [4.78, 5) is 0. The van der Waals surface area contributed by atoms with Crippen molar-refractivity contribution < 1.29 is 9.47 Å². The molecule has 1 aliphatic rings. The second kappa shape index (κ2) is 7.25. The van der Waals surface area contributed by atoms with Gasteiger partial charge in [-0.15, -0.1) is 0 Å². The molecular weight excluding hydrogens is 202 g/mol. The van der Waals surface area contributed by atoms with Crippen molar-refractivity contribution in [2.75, 3.05) is 32.9 Å². The highest BCUT2D eigenvalue weighted by Crippen LogP contribution is 2.16. The average molecular weight is 229 g/mol. The van der Waals surface area contributed by atoms with Crippen LogP contribution in [-0.2, 0) is 9.47 Å². The van der Waals surface area contributed by atoms with Crippen LogP contribution in [-0.4, -0.2) is 39.0 Å². The fourth-order valence-corrected chi connectivity index (χ4v) is 1.90. The molecule has 0 spiro atoms. The number of nitrogens with one attached hydrogen (secondary N) is 1. The van der Waals surface area contributed by atoms with E-state index in [1.165, 1.54) is 12.8 Å². The lowest BCUT2D eigenvalue weighted by Crippen LogP contribution is -2.34. The second-order valence-electron chi connectivity index (χ2n) is 5.49. The summed E-state index contributed by atoms with van der Waals surface area (Å²) in [5.74, 6) is 0. The van der Waals surface area contributed by atoms with E-state index < -0.39 is 0 Å². The summed E-state index contributed by atoms with van der Waals surface area (Å²) in [5, 5.41) is 3.44. The molecule has 0 aliphatic carbocycles. The van der Waals surface area contributed by atoms with Crippen LogP contribution in [0.3, 0.4) is 0 Å². The number of rotatable bonds is 8. The minimum atomic E-state index is 0.216. The molecule has 0 aromatic carbocycles. The summed E-state index contributed by atoms with van der Waals surface area (Å²) in [6, 6.07) is 0. The Morgan fingerprint density at radius 3 is 2.88 bits per heavy atom. The Balaban J connectivity index is 2.04. The van der Waals surface area contributed by atoms with Crippen LogP contribution in [0.2, 0.25) is 0 Å². The zero-order chi connectivity index (χ0) is 11.9. The van der Waals surface area contributed by atoms with Gasteiger partial charge in [-0.2, -0.15) is 0 Å². The Hall–Kier alpha value is -0.120. The average Bonchev–Trinajstić information content (AvgIpc) is 2.70. The van der Waals surface area contributed by atoms with E-state index in [9.17, 15) is 0 Å². The molecule has 0 amide bonds. The third-order valence-electron chi connectivity index (χ3n) is 2.85. The normalized spacial score (nSPS) is 21.6. The van der Waals surface area contributed by atoms with Crippen molar-refractivity contribution in [1.82, 2.24) is 5.32 Å². The van der Waals surface area contributed by atoms with Crippen molar-refractivity contribution in [2.24, 2.45) is 5.41 Å². The van der Waals surface area contributed by atoms with Gasteiger partial charge < -0.3 is 14.8 Å². The van der Waals surface area contributed by atoms with Gasteiger partial charge in [-0.05, 0) is 25.8 Å². The maximum absolute atomic E-state index is 5.75. The van der Waals surface area contributed by atoms with E-state index in [-0.39, 0.29) is 5.41 Å². The summed E-state index contributed by atoms with van der Waals surface area (Å²) in [7, 11) is 0. The van der Waals surface area contributed by atoms with Gasteiger partial charge in [-0.1, -0.05) is 20.8 Å². The molecule has 1 N–H and O–H groups in total. The van der Waals surface area contributed by atoms with Gasteiger partial charge in [0.1, 0.15) is 0 Å². The Labute approximate surface area is 99.9 Å². The van der Waals surface area contributed by atoms with Gasteiger partial charge in [0.25, 0.3) is 0 Å². The topological polar surface area (TPSA) is 30.5 Å². The highest BCUT2D eigenvalue weighted by molar-refractivity contribution is 4.72. The van der Waals surface area contributed by atoms with E-state index in [1.54, 1.807) is 0 Å². The maximum atomic E-state index is 5.75. The molecule has 1 unspecified atom stereocenters. The molecule has 0 bridgehead atoms. The van der Waals surface area contributed by atoms with Crippen LogP contribution in [0.1, 0.15) is 40.0 Å². The largest absolute Gasteiger partial charge is 0.378 e. The molecule has 0 aromatic heterocycles. The van der Waals surface area contributed by atoms with Gasteiger partial charge in [0, 0.05) is 18.6 Å². The van der Waals surface area contributed by atoms with Crippen molar-refractivity contribution in [1.29, 1.82) is 0 Å². The molecule has 16 heavy (non-hydrogen) atoms. The lowest BCUT2D eigenvalue weighted by atomic mass is 9.95. The molecule has 0 aromatic rings. The SMILES string of the molecule is CCCNCC(C)(C)COCC1CCCO1. The van der Waals surface area contributed by atoms with Gasteiger partial charge >= 0.3 is 0 Å². The zero-order valence-corrected chi connectivity index (χ0v) is 11.1. The van der Waals surface area contributed by atoms with E-state index in [0.717, 1.165) is 39.3 Å². The molecule has 3 nitrogen and oxygen atoms in total. The first-order chi connectivity index (χ1) is 7.64. The molecular formula is C13H27NO2. The van der Waals surface area contributed by atoms with Gasteiger partial charge in [0.05, 0.1) is 19.3 Å². The van der Waals surface area contributed by atoms with Crippen LogP contribution >= 0.6 is 0 Å². The summed E-state index contributed by atoms with van der Waals surface area (Å²) in [6.07, 6.45) is 3.89. The highest BCUT2D eigenvalue weighted by Gasteiger charge is 2.20. The monoisotopic (exact) mass is 229 g/mol. The van der Waals surface area contributed by atoms with Crippen LogP contribution in [0, 0.1) is 5.41 Å². The smallest absolute Gasteiger partial charge is 0.0809 e. The van der Waals surface area contributed by atoms with Gasteiger partial charge in [0.2, 0.25) is 0 Å². The van der Waals surface area contributed by atoms with E-state index >= 15 is 0 Å². The molecule has 1 atom stereocenters. The van der Waals surface area contributed by atoms with Crippen LogP contribution in [0.15, 0.2) is 0 Å². The quantitative estimate of drug-likeness (QED) is 0.647. The molecule has 1 rings (SSSR count). The van der Waals surface area contributed by atoms with Crippen LogP contribution < -0.4 is 5.32 Å². The third kappa shape index (κ3) is 5.83. The maximum Gasteiger partial charge on any atom is 0.0809 e. The Kier molecular flexibility index (Phi) is 6.32. The predicted octanol–water partition coefficient (Wildman–Crippen LogP) is 2.21. The van der Waals surface area contributed by atoms with Crippen molar-refractivity contribution >= 4 is 0 Å². The fourth-order valence-electron chi connectivity index (χ4n) is 1.90. The molecule has 3 heteroatoms. The number of ether oxygens (including phenoxy) is 2. The predicted molar refractivity (Wildman–Crippen MR) is 66.7 cm³/mol. The minimum absolute atomic E-state index is 0.216. The molecule has 0 saturated carbocycles. The van der Waals surface area contributed by atoms with E-state index in [4.69, 9.17) is 9.47 Å². The first kappa shape index (κ1) is 13.9. The van der Waals surface area contributed by atoms with E-state index in [0.29, 0.717) is 6.10 Å². The fraction of sp³-hybridized carbons (Fsp3) is 1.00. The van der Waals surface area contributed by atoms with Gasteiger partial charge in [0.15, 0.2) is 0 Å². The van der Waals surface area contributed by atoms with Crippen LogP contribution in [0.5, 0.6) is 0 Å². The lowest BCUT2D eigenvalue weighted by Gasteiger charge is -2.25. The molecule has 1 heterocycles. The standard InChI is InChI=1S/C13H27NO2/c1-4-7-14-10-13(2,3)11-15-9-12-6-5-8-16-12/h12,14H,4-11H2,1-3H3. The summed E-state index contributed by atoms with van der Waals surface area (Å²) < 4.78 is 11.3. The first-order valence-corrected chi connectivity index (χ1v) is 6.54. The summed E-state index contributed by atoms with van der Waals surface area (Å²) >= 11 is 0.